The molecular weight excluding hydrogens is 365 g/mol. The number of tetrazole rings is 1. The number of likely N-dealkylation sites (N-methyl/N-ethyl adjacent to an activating group) is 1. The Kier molecular flexibility index (Phi) is 4.88. The zero-order valence-corrected chi connectivity index (χ0v) is 15.2. The van der Waals surface area contributed by atoms with E-state index in [-0.39, 0.29) is 24.4 Å². The van der Waals surface area contributed by atoms with Gasteiger partial charge in [0.2, 0.25) is 11.7 Å². The molecule has 0 spiro atoms. The van der Waals surface area contributed by atoms with E-state index in [1.807, 2.05) is 24.3 Å². The molecule has 0 unspecified atom stereocenters. The van der Waals surface area contributed by atoms with Gasteiger partial charge in [-0.15, -0.1) is 10.2 Å². The summed E-state index contributed by atoms with van der Waals surface area (Å²) in [6.45, 7) is 0.673. The molecule has 3 aromatic rings. The fraction of sp³-hybridized carbons (Fsp3) is 0.263. The van der Waals surface area contributed by atoms with Crippen molar-refractivity contribution in [3.8, 4) is 22.9 Å². The predicted molar refractivity (Wildman–Crippen MR) is 97.2 cm³/mol. The standard InChI is InChI=1S/C19H18FN5O3/c1-24(10-15-12-27-16-4-2-3-5-17(16)28-15)18(26)11-25-22-19(21-23-25)13-6-8-14(20)9-7-13/h2-9,15H,10-12H2,1H3/t15-/m1/s1. The second kappa shape index (κ2) is 7.63. The van der Waals surface area contributed by atoms with Gasteiger partial charge in [0, 0.05) is 12.6 Å². The first-order valence-corrected chi connectivity index (χ1v) is 8.74. The number of carbonyl (C=O) groups excluding carboxylic acids is 1. The van der Waals surface area contributed by atoms with Gasteiger partial charge in [0.25, 0.3) is 0 Å². The molecule has 4 rings (SSSR count). The van der Waals surface area contributed by atoms with E-state index in [4.69, 9.17) is 9.47 Å². The fourth-order valence-electron chi connectivity index (χ4n) is 2.83. The number of amides is 1. The monoisotopic (exact) mass is 383 g/mol. The molecule has 1 aliphatic rings. The average molecular weight is 383 g/mol. The Morgan fingerprint density at radius 2 is 1.96 bits per heavy atom. The van der Waals surface area contributed by atoms with Crippen LogP contribution in [0.15, 0.2) is 48.5 Å². The van der Waals surface area contributed by atoms with Crippen LogP contribution in [0.2, 0.25) is 0 Å². The van der Waals surface area contributed by atoms with Crippen molar-refractivity contribution in [2.75, 3.05) is 20.2 Å². The molecule has 0 N–H and O–H groups in total. The van der Waals surface area contributed by atoms with Gasteiger partial charge < -0.3 is 14.4 Å². The molecule has 8 nitrogen and oxygen atoms in total. The molecule has 1 atom stereocenters. The van der Waals surface area contributed by atoms with E-state index in [1.54, 1.807) is 24.1 Å². The molecule has 1 amide bonds. The zero-order valence-electron chi connectivity index (χ0n) is 15.2. The smallest absolute Gasteiger partial charge is 0.246 e. The summed E-state index contributed by atoms with van der Waals surface area (Å²) in [5.74, 6) is 1.17. The maximum Gasteiger partial charge on any atom is 0.246 e. The maximum absolute atomic E-state index is 13.0. The lowest BCUT2D eigenvalue weighted by molar-refractivity contribution is -0.132. The van der Waals surface area contributed by atoms with E-state index in [2.05, 4.69) is 15.4 Å². The van der Waals surface area contributed by atoms with Crippen molar-refractivity contribution >= 4 is 5.91 Å². The number of fused-ring (bicyclic) bond motifs is 1. The van der Waals surface area contributed by atoms with Crippen LogP contribution in [-0.4, -0.2) is 57.3 Å². The van der Waals surface area contributed by atoms with Crippen molar-refractivity contribution in [2.24, 2.45) is 0 Å². The Balaban J connectivity index is 1.34. The van der Waals surface area contributed by atoms with Gasteiger partial charge in [-0.2, -0.15) is 4.80 Å². The van der Waals surface area contributed by atoms with E-state index in [0.717, 1.165) is 0 Å². The van der Waals surface area contributed by atoms with E-state index in [1.165, 1.54) is 16.9 Å². The van der Waals surface area contributed by atoms with Crippen LogP contribution in [0, 0.1) is 5.82 Å². The molecule has 2 aromatic carbocycles. The topological polar surface area (TPSA) is 82.4 Å². The van der Waals surface area contributed by atoms with Gasteiger partial charge in [0.05, 0.1) is 6.54 Å². The maximum atomic E-state index is 13.0. The lowest BCUT2D eigenvalue weighted by atomic mass is 10.2. The molecule has 9 heteroatoms. The minimum absolute atomic E-state index is 0.0607. The third kappa shape index (κ3) is 3.93. The summed E-state index contributed by atoms with van der Waals surface area (Å²) in [5, 5.41) is 12.0. The molecule has 2 heterocycles. The number of ether oxygens (including phenoxy) is 2. The molecule has 144 valence electrons. The highest BCUT2D eigenvalue weighted by Crippen LogP contribution is 2.30. The van der Waals surface area contributed by atoms with Crippen LogP contribution in [0.5, 0.6) is 11.5 Å². The van der Waals surface area contributed by atoms with Gasteiger partial charge in [-0.05, 0) is 41.6 Å². The minimum Gasteiger partial charge on any atom is -0.486 e. The van der Waals surface area contributed by atoms with Crippen molar-refractivity contribution < 1.29 is 18.7 Å². The summed E-state index contributed by atoms with van der Waals surface area (Å²) in [6, 6.07) is 13.2. The number of benzene rings is 2. The lowest BCUT2D eigenvalue weighted by Gasteiger charge is -2.29. The van der Waals surface area contributed by atoms with Crippen molar-refractivity contribution in [3.05, 3.63) is 54.3 Å². The zero-order chi connectivity index (χ0) is 19.5. The molecule has 0 radical (unpaired) electrons. The summed E-state index contributed by atoms with van der Waals surface area (Å²) < 4.78 is 24.6. The Bertz CT molecular complexity index is 976. The number of hydrogen-bond acceptors (Lipinski definition) is 6. The summed E-state index contributed by atoms with van der Waals surface area (Å²) in [6.07, 6.45) is -0.262. The molecule has 1 aliphatic heterocycles. The number of nitrogens with zero attached hydrogens (tertiary/aromatic N) is 5. The summed E-state index contributed by atoms with van der Waals surface area (Å²) in [7, 11) is 1.68. The molecule has 1 aromatic heterocycles. The van der Waals surface area contributed by atoms with E-state index in [9.17, 15) is 9.18 Å². The first-order chi connectivity index (χ1) is 13.6. The normalized spacial score (nSPS) is 15.3. The van der Waals surface area contributed by atoms with Gasteiger partial charge in [-0.25, -0.2) is 4.39 Å². The van der Waals surface area contributed by atoms with Crippen LogP contribution >= 0.6 is 0 Å². The second-order valence-electron chi connectivity index (χ2n) is 6.42. The minimum atomic E-state index is -0.343. The number of aromatic nitrogens is 4. The highest BCUT2D eigenvalue weighted by molar-refractivity contribution is 5.75. The number of para-hydroxylation sites is 2. The third-order valence-electron chi connectivity index (χ3n) is 4.30. The van der Waals surface area contributed by atoms with Gasteiger partial charge in [-0.3, -0.25) is 4.79 Å². The molecule has 0 bridgehead atoms. The van der Waals surface area contributed by atoms with Crippen molar-refractivity contribution in [3.63, 3.8) is 0 Å². The van der Waals surface area contributed by atoms with Crippen LogP contribution in [0.4, 0.5) is 4.39 Å². The quantitative estimate of drug-likeness (QED) is 0.668. The second-order valence-corrected chi connectivity index (χ2v) is 6.42. The van der Waals surface area contributed by atoms with Crippen molar-refractivity contribution in [1.29, 1.82) is 0 Å². The highest BCUT2D eigenvalue weighted by Gasteiger charge is 2.24. The van der Waals surface area contributed by atoms with Crippen LogP contribution < -0.4 is 9.47 Å². The number of halogens is 1. The van der Waals surface area contributed by atoms with Crippen LogP contribution in [-0.2, 0) is 11.3 Å². The largest absolute Gasteiger partial charge is 0.486 e. The Morgan fingerprint density at radius 3 is 2.75 bits per heavy atom. The van der Waals surface area contributed by atoms with E-state index >= 15 is 0 Å². The molecule has 0 saturated heterocycles. The number of hydrogen-bond donors (Lipinski definition) is 0. The lowest BCUT2D eigenvalue weighted by Crippen LogP contribution is -2.43. The molecule has 0 saturated carbocycles. The summed E-state index contributed by atoms with van der Waals surface area (Å²) >= 11 is 0. The van der Waals surface area contributed by atoms with Crippen LogP contribution in [0.1, 0.15) is 0 Å². The van der Waals surface area contributed by atoms with Gasteiger partial charge in [-0.1, -0.05) is 12.1 Å². The number of carbonyl (C=O) groups is 1. The molecule has 0 fully saturated rings. The Hall–Kier alpha value is -3.49. The van der Waals surface area contributed by atoms with E-state index in [0.29, 0.717) is 36.0 Å². The predicted octanol–water partition coefficient (Wildman–Crippen LogP) is 1.78. The van der Waals surface area contributed by atoms with Gasteiger partial charge >= 0.3 is 0 Å². The van der Waals surface area contributed by atoms with Crippen molar-refractivity contribution in [1.82, 2.24) is 25.1 Å². The van der Waals surface area contributed by atoms with E-state index < -0.39 is 0 Å². The first-order valence-electron chi connectivity index (χ1n) is 8.74. The fourth-order valence-corrected chi connectivity index (χ4v) is 2.83. The Morgan fingerprint density at radius 1 is 1.21 bits per heavy atom. The first kappa shape index (κ1) is 17.9. The average Bonchev–Trinajstić information content (AvgIpc) is 3.17. The van der Waals surface area contributed by atoms with Crippen LogP contribution in [0.25, 0.3) is 11.4 Å². The Labute approximate surface area is 160 Å². The van der Waals surface area contributed by atoms with Crippen molar-refractivity contribution in [2.45, 2.75) is 12.6 Å². The molecular formula is C19H18FN5O3. The third-order valence-corrected chi connectivity index (χ3v) is 4.30. The number of rotatable bonds is 5. The molecule has 28 heavy (non-hydrogen) atoms. The summed E-state index contributed by atoms with van der Waals surface area (Å²) in [4.78, 5) is 15.2. The SMILES string of the molecule is CN(C[C@@H]1COc2ccccc2O1)C(=O)Cn1nnc(-c2ccc(F)cc2)n1. The molecule has 0 aliphatic carbocycles. The van der Waals surface area contributed by atoms with Gasteiger partial charge in [0.15, 0.2) is 17.6 Å². The highest BCUT2D eigenvalue weighted by atomic mass is 19.1. The van der Waals surface area contributed by atoms with Crippen LogP contribution in [0.3, 0.4) is 0 Å². The summed E-state index contributed by atoms with van der Waals surface area (Å²) in [5.41, 5.74) is 0.625. The van der Waals surface area contributed by atoms with Gasteiger partial charge in [0.1, 0.15) is 19.0 Å².